The Morgan fingerprint density at radius 1 is 1.21 bits per heavy atom. The molecule has 0 atom stereocenters. The Morgan fingerprint density at radius 2 is 1.79 bits per heavy atom. The Hall–Kier alpha value is -3.35. The van der Waals surface area contributed by atoms with Gasteiger partial charge in [-0.2, -0.15) is 9.58 Å². The van der Waals surface area contributed by atoms with E-state index in [0.717, 1.165) is 12.1 Å². The summed E-state index contributed by atoms with van der Waals surface area (Å²) in [5, 5.41) is 10.7. The molecule has 0 fully saturated rings. The predicted octanol–water partition coefficient (Wildman–Crippen LogP) is -0.0436. The Morgan fingerprint density at radius 3 is 2.32 bits per heavy atom. The smallest absolute Gasteiger partial charge is 0.330 e. The first-order valence-corrected chi connectivity index (χ1v) is 4.60. The van der Waals surface area contributed by atoms with Crippen molar-refractivity contribution in [1.82, 2.24) is 4.98 Å². The lowest BCUT2D eigenvalue weighted by Crippen LogP contribution is -2.13. The van der Waals surface area contributed by atoms with Crippen molar-refractivity contribution in [3.8, 4) is 0 Å². The van der Waals surface area contributed by atoms with Gasteiger partial charge < -0.3 is 11.1 Å². The zero-order chi connectivity index (χ0) is 14.4. The fourth-order valence-corrected chi connectivity index (χ4v) is 1.15. The first-order valence-electron chi connectivity index (χ1n) is 4.60. The molecule has 0 N–H and O–H groups in total. The molecule has 0 radical (unpaired) electrons. The summed E-state index contributed by atoms with van der Waals surface area (Å²) < 4.78 is 0. The van der Waals surface area contributed by atoms with Crippen molar-refractivity contribution < 1.29 is 24.1 Å². The zero-order valence-corrected chi connectivity index (χ0v) is 9.13. The summed E-state index contributed by atoms with van der Waals surface area (Å²) in [4.78, 5) is 41.0. The van der Waals surface area contributed by atoms with E-state index in [4.69, 9.17) is 11.1 Å². The van der Waals surface area contributed by atoms with E-state index in [2.05, 4.69) is 14.6 Å². The summed E-state index contributed by atoms with van der Waals surface area (Å²) in [7, 11) is 0. The number of nitro groups is 1. The third-order valence-electron chi connectivity index (χ3n) is 1.91. The van der Waals surface area contributed by atoms with Gasteiger partial charge in [0, 0.05) is 6.07 Å². The Balaban J connectivity index is 3.45. The molecule has 19 heavy (non-hydrogen) atoms. The number of nitrogens with zero attached hydrogens (tertiary/aromatic N) is 6. The van der Waals surface area contributed by atoms with Crippen LogP contribution in [0.15, 0.2) is 12.1 Å². The van der Waals surface area contributed by atoms with E-state index in [1.165, 1.54) is 0 Å². The number of aromatic nitrogens is 1. The largest absolute Gasteiger partial charge is 0.361 e. The van der Waals surface area contributed by atoms with Gasteiger partial charge in [0.05, 0.1) is 4.92 Å². The van der Waals surface area contributed by atoms with Crippen LogP contribution in [0, 0.1) is 10.1 Å². The van der Waals surface area contributed by atoms with E-state index in [1.54, 1.807) is 0 Å². The molecule has 0 saturated heterocycles. The van der Waals surface area contributed by atoms with E-state index in [-0.39, 0.29) is 5.69 Å². The Bertz CT molecular complexity index is 669. The van der Waals surface area contributed by atoms with Gasteiger partial charge in [-0.1, -0.05) is 0 Å². The maximum absolute atomic E-state index is 11.4. The SMILES string of the molecule is [N-]=[N+]=CC(=O)c1ccc([N+](=O)[O-])c(C(=O)C=[N+]=[N-])n1. The summed E-state index contributed by atoms with van der Waals surface area (Å²) in [5.74, 6) is -1.91. The number of rotatable bonds is 5. The second-order valence-corrected chi connectivity index (χ2v) is 3.04. The number of hydrogen-bond acceptors (Lipinski definition) is 5. The first-order chi connectivity index (χ1) is 9.01. The predicted molar refractivity (Wildman–Crippen MR) is 58.9 cm³/mol. The van der Waals surface area contributed by atoms with Gasteiger partial charge in [0.25, 0.3) is 17.3 Å². The molecule has 0 saturated carbocycles. The summed E-state index contributed by atoms with van der Waals surface area (Å²) in [6.07, 6.45) is 0.923. The molecule has 94 valence electrons. The minimum atomic E-state index is -1.05. The molecule has 0 aliphatic carbocycles. The van der Waals surface area contributed by atoms with Crippen molar-refractivity contribution in [2.45, 2.75) is 0 Å². The summed E-state index contributed by atoms with van der Waals surface area (Å²) >= 11 is 0. The van der Waals surface area contributed by atoms with E-state index >= 15 is 0 Å². The molecular formula is C9H4N6O4. The average molecular weight is 260 g/mol. The highest BCUT2D eigenvalue weighted by Gasteiger charge is 2.25. The molecule has 1 aromatic heterocycles. The lowest BCUT2D eigenvalue weighted by molar-refractivity contribution is -0.385. The quantitative estimate of drug-likeness (QED) is 0.180. The van der Waals surface area contributed by atoms with Crippen LogP contribution in [-0.2, 0) is 0 Å². The highest BCUT2D eigenvalue weighted by Crippen LogP contribution is 2.17. The summed E-state index contributed by atoms with van der Waals surface area (Å²) in [6, 6.07) is 1.89. The lowest BCUT2D eigenvalue weighted by Gasteiger charge is -1.98. The van der Waals surface area contributed by atoms with E-state index in [0.29, 0.717) is 12.4 Å². The highest BCUT2D eigenvalue weighted by atomic mass is 16.6. The number of Topliss-reactive ketones (excluding diaryl/α,β-unsaturated/α-hetero) is 2. The number of carbonyl (C=O) groups is 2. The number of pyridine rings is 1. The van der Waals surface area contributed by atoms with Crippen molar-refractivity contribution in [3.05, 3.63) is 44.7 Å². The van der Waals surface area contributed by atoms with Crippen LogP contribution >= 0.6 is 0 Å². The Kier molecular flexibility index (Phi) is 4.20. The molecule has 0 aliphatic rings. The molecule has 1 heterocycles. The van der Waals surface area contributed by atoms with E-state index in [9.17, 15) is 19.7 Å². The average Bonchev–Trinajstić information content (AvgIpc) is 2.38. The summed E-state index contributed by atoms with van der Waals surface area (Å²) in [6.45, 7) is 0. The van der Waals surface area contributed by atoms with Crippen molar-refractivity contribution in [3.63, 3.8) is 0 Å². The van der Waals surface area contributed by atoms with Crippen molar-refractivity contribution in [2.24, 2.45) is 0 Å². The van der Waals surface area contributed by atoms with Crippen molar-refractivity contribution in [2.75, 3.05) is 0 Å². The van der Waals surface area contributed by atoms with Gasteiger partial charge in [0.15, 0.2) is 5.69 Å². The van der Waals surface area contributed by atoms with Crippen LogP contribution in [0.3, 0.4) is 0 Å². The molecule has 0 bridgehead atoms. The standard InChI is InChI=1S/C9H4N6O4/c10-12-3-7(16)5-1-2-6(15(18)19)9(14-5)8(17)4-13-11/h1-4H. The van der Waals surface area contributed by atoms with Crippen LogP contribution in [0.5, 0.6) is 0 Å². The van der Waals surface area contributed by atoms with Crippen LogP contribution in [0.25, 0.3) is 11.1 Å². The molecule has 0 aromatic carbocycles. The fourth-order valence-electron chi connectivity index (χ4n) is 1.15. The third-order valence-corrected chi connectivity index (χ3v) is 1.91. The molecule has 0 spiro atoms. The molecule has 0 unspecified atom stereocenters. The third kappa shape index (κ3) is 3.07. The number of carbonyl (C=O) groups excluding carboxylic acids is 2. The molecule has 0 aliphatic heterocycles. The van der Waals surface area contributed by atoms with Gasteiger partial charge in [-0.15, -0.1) is 0 Å². The van der Waals surface area contributed by atoms with Gasteiger partial charge in [0.1, 0.15) is 5.69 Å². The summed E-state index contributed by atoms with van der Waals surface area (Å²) in [5.41, 5.74) is 14.8. The molecule has 10 heteroatoms. The van der Waals surface area contributed by atoms with Crippen LogP contribution < -0.4 is 0 Å². The second kappa shape index (κ2) is 5.82. The molecule has 0 amide bonds. The number of hydrogen-bond donors (Lipinski definition) is 0. The normalized spacial score (nSPS) is 8.84. The number of ketones is 2. The Labute approximate surface area is 104 Å². The van der Waals surface area contributed by atoms with Gasteiger partial charge in [-0.05, 0) is 6.07 Å². The monoisotopic (exact) mass is 260 g/mol. The van der Waals surface area contributed by atoms with E-state index in [1.807, 2.05) is 0 Å². The maximum Gasteiger partial charge on any atom is 0.330 e. The second-order valence-electron chi connectivity index (χ2n) is 3.04. The molecular weight excluding hydrogens is 256 g/mol. The fraction of sp³-hybridized carbons (Fsp3) is 0. The lowest BCUT2D eigenvalue weighted by atomic mass is 10.2. The van der Waals surface area contributed by atoms with Crippen LogP contribution in [0.4, 0.5) is 5.69 Å². The van der Waals surface area contributed by atoms with Crippen LogP contribution in [0.2, 0.25) is 0 Å². The first kappa shape index (κ1) is 13.7. The van der Waals surface area contributed by atoms with Crippen molar-refractivity contribution >= 4 is 29.7 Å². The minimum absolute atomic E-state index is 0.335. The maximum atomic E-state index is 11.4. The minimum Gasteiger partial charge on any atom is -0.361 e. The van der Waals surface area contributed by atoms with Crippen LogP contribution in [-0.4, -0.2) is 43.5 Å². The van der Waals surface area contributed by atoms with Gasteiger partial charge in [-0.3, -0.25) is 19.7 Å². The van der Waals surface area contributed by atoms with Crippen LogP contribution in [0.1, 0.15) is 21.0 Å². The topological polar surface area (TPSA) is 163 Å². The van der Waals surface area contributed by atoms with E-state index < -0.39 is 27.9 Å². The van der Waals surface area contributed by atoms with Gasteiger partial charge in [0.2, 0.25) is 0 Å². The molecule has 1 aromatic rings. The zero-order valence-electron chi connectivity index (χ0n) is 9.13. The molecule has 10 nitrogen and oxygen atoms in total. The van der Waals surface area contributed by atoms with Gasteiger partial charge >= 0.3 is 12.4 Å². The molecule has 1 rings (SSSR count). The highest BCUT2D eigenvalue weighted by molar-refractivity contribution is 6.35. The van der Waals surface area contributed by atoms with Crippen molar-refractivity contribution in [1.29, 1.82) is 0 Å². The van der Waals surface area contributed by atoms with Gasteiger partial charge in [-0.25, -0.2) is 4.98 Å².